The minimum absolute atomic E-state index is 0.218. The van der Waals surface area contributed by atoms with Crippen molar-refractivity contribution in [2.45, 2.75) is 13.1 Å². The average molecular weight is 403 g/mol. The van der Waals surface area contributed by atoms with Crippen LogP contribution in [0, 0.1) is 0 Å². The third-order valence-electron chi connectivity index (χ3n) is 4.34. The van der Waals surface area contributed by atoms with Crippen molar-refractivity contribution in [3.8, 4) is 0 Å². The van der Waals surface area contributed by atoms with Crippen LogP contribution in [0.4, 0.5) is 0 Å². The first-order valence-electron chi connectivity index (χ1n) is 9.27. The van der Waals surface area contributed by atoms with E-state index in [1.165, 1.54) is 0 Å². The van der Waals surface area contributed by atoms with E-state index >= 15 is 0 Å². The van der Waals surface area contributed by atoms with Crippen molar-refractivity contribution < 1.29 is 22.6 Å². The highest BCUT2D eigenvalue weighted by atomic mass is 32.2. The lowest BCUT2D eigenvalue weighted by atomic mass is 10.0. The summed E-state index contributed by atoms with van der Waals surface area (Å²) in [4.78, 5) is 2.10. The Morgan fingerprint density at radius 1 is 1.00 bits per heavy atom. The summed E-state index contributed by atoms with van der Waals surface area (Å²) < 4.78 is 41.0. The molecule has 2 N–H and O–H groups in total. The van der Waals surface area contributed by atoms with Crippen molar-refractivity contribution in [1.82, 2.24) is 19.9 Å². The molecule has 0 spiro atoms. The van der Waals surface area contributed by atoms with Gasteiger partial charge in [0.1, 0.15) is 0 Å². The molecule has 1 aromatic rings. The molecule has 27 heavy (non-hydrogen) atoms. The fourth-order valence-electron chi connectivity index (χ4n) is 2.65. The molecule has 0 amide bonds. The van der Waals surface area contributed by atoms with Gasteiger partial charge in [-0.05, 0) is 0 Å². The van der Waals surface area contributed by atoms with E-state index in [1.54, 1.807) is 0 Å². The van der Waals surface area contributed by atoms with Crippen LogP contribution < -0.4 is 11.3 Å². The predicted molar refractivity (Wildman–Crippen MR) is 104 cm³/mol. The molecule has 1 aromatic heterocycles. The third-order valence-corrected chi connectivity index (χ3v) is 5.95. The van der Waals surface area contributed by atoms with Crippen LogP contribution in [0.5, 0.6) is 0 Å². The molecule has 0 bridgehead atoms. The van der Waals surface area contributed by atoms with Crippen LogP contribution in [-0.4, -0.2) is 107 Å². The molecule has 0 aliphatic carbocycles. The number of nitrogens with zero attached hydrogens (tertiary/aromatic N) is 4. The summed E-state index contributed by atoms with van der Waals surface area (Å²) >= 11 is 0. The van der Waals surface area contributed by atoms with Crippen molar-refractivity contribution in [3.63, 3.8) is 0 Å². The van der Waals surface area contributed by atoms with Crippen molar-refractivity contribution in [1.29, 1.82) is 0 Å². The summed E-state index contributed by atoms with van der Waals surface area (Å²) in [7, 11) is -0.890. The van der Waals surface area contributed by atoms with Gasteiger partial charge >= 0.3 is 0 Å². The van der Waals surface area contributed by atoms with Crippen LogP contribution in [0.2, 0.25) is 0 Å². The minimum Gasteiger partial charge on any atom is -0.378 e. The smallest absolute Gasteiger partial charge is 0.166 e. The Balaban J connectivity index is 1.59. The Kier molecular flexibility index (Phi) is 9.66. The third kappa shape index (κ3) is 8.24. The highest BCUT2D eigenvalue weighted by Gasteiger charge is 2.23. The molecule has 1 aliphatic rings. The maximum absolute atomic E-state index is 11.5. The SMILES string of the molecule is Bc1c(CN2CCS(=O)(=O)CC2)nnn1CCOCCOCCOCCN. The standard InChI is InChI=1S/C15H30BN5O5S/c16-15-14(13-20-3-11-27(22,23)12-4-20)18-19-21(15)2-6-25-8-10-26-9-7-24-5-1-17/h1-13,16-17H2. The highest BCUT2D eigenvalue weighted by molar-refractivity contribution is 7.91. The molecule has 154 valence electrons. The molecular formula is C15H30BN5O5S. The molecule has 10 nitrogen and oxygen atoms in total. The zero-order valence-electron chi connectivity index (χ0n) is 16.0. The molecule has 0 saturated carbocycles. The van der Waals surface area contributed by atoms with Crippen LogP contribution in [0.25, 0.3) is 0 Å². The van der Waals surface area contributed by atoms with Crippen molar-refractivity contribution >= 4 is 23.3 Å². The van der Waals surface area contributed by atoms with E-state index in [2.05, 4.69) is 15.2 Å². The van der Waals surface area contributed by atoms with E-state index in [-0.39, 0.29) is 11.5 Å². The number of hydrogen-bond donors (Lipinski definition) is 1. The van der Waals surface area contributed by atoms with E-state index in [0.717, 1.165) is 11.3 Å². The van der Waals surface area contributed by atoms with Crippen LogP contribution in [0.3, 0.4) is 0 Å². The Bertz CT molecular complexity index is 643. The first-order chi connectivity index (χ1) is 13.0. The van der Waals surface area contributed by atoms with Gasteiger partial charge in [0, 0.05) is 31.8 Å². The van der Waals surface area contributed by atoms with Crippen LogP contribution in [0.15, 0.2) is 0 Å². The Morgan fingerprint density at radius 2 is 1.59 bits per heavy atom. The second-order valence-corrected chi connectivity index (χ2v) is 8.70. The van der Waals surface area contributed by atoms with Gasteiger partial charge < -0.3 is 19.9 Å². The molecule has 1 fully saturated rings. The van der Waals surface area contributed by atoms with E-state index in [1.807, 2.05) is 12.5 Å². The molecule has 2 heterocycles. The predicted octanol–water partition coefficient (Wildman–Crippen LogP) is -3.22. The average Bonchev–Trinajstić information content (AvgIpc) is 2.98. The topological polar surface area (TPSA) is 122 Å². The number of ether oxygens (including phenoxy) is 3. The normalized spacial score (nSPS) is 17.4. The fraction of sp³-hybridized carbons (Fsp3) is 0.867. The maximum atomic E-state index is 11.5. The van der Waals surface area contributed by atoms with E-state index in [4.69, 9.17) is 19.9 Å². The van der Waals surface area contributed by atoms with Gasteiger partial charge in [-0.2, -0.15) is 0 Å². The molecule has 2 rings (SSSR count). The molecule has 0 atom stereocenters. The van der Waals surface area contributed by atoms with Crippen LogP contribution >= 0.6 is 0 Å². The largest absolute Gasteiger partial charge is 0.378 e. The van der Waals surface area contributed by atoms with Gasteiger partial charge in [0.2, 0.25) is 0 Å². The number of aromatic nitrogens is 3. The fourth-order valence-corrected chi connectivity index (χ4v) is 3.93. The summed E-state index contributed by atoms with van der Waals surface area (Å²) in [5.41, 5.74) is 7.19. The molecule has 0 unspecified atom stereocenters. The zero-order valence-corrected chi connectivity index (χ0v) is 16.8. The summed E-state index contributed by atoms with van der Waals surface area (Å²) in [5, 5.41) is 8.40. The van der Waals surface area contributed by atoms with Gasteiger partial charge in [0.25, 0.3) is 0 Å². The quantitative estimate of drug-likeness (QED) is 0.268. The molecular weight excluding hydrogens is 373 g/mol. The minimum atomic E-state index is -2.86. The summed E-state index contributed by atoms with van der Waals surface area (Å²) in [5.74, 6) is 0.435. The number of rotatable bonds is 13. The van der Waals surface area contributed by atoms with E-state index in [9.17, 15) is 8.42 Å². The first-order valence-corrected chi connectivity index (χ1v) is 11.1. The van der Waals surface area contributed by atoms with Gasteiger partial charge in [0.15, 0.2) is 17.7 Å². The van der Waals surface area contributed by atoms with Gasteiger partial charge in [0.05, 0.1) is 63.4 Å². The Hall–Kier alpha value is -1.05. The highest BCUT2D eigenvalue weighted by Crippen LogP contribution is 2.06. The lowest BCUT2D eigenvalue weighted by Crippen LogP contribution is -2.40. The molecule has 12 heteroatoms. The number of hydrogen-bond acceptors (Lipinski definition) is 9. The van der Waals surface area contributed by atoms with Gasteiger partial charge in [-0.3, -0.25) is 9.58 Å². The molecule has 1 saturated heterocycles. The first kappa shape index (κ1) is 22.2. The van der Waals surface area contributed by atoms with E-state index < -0.39 is 9.84 Å². The Morgan fingerprint density at radius 3 is 2.22 bits per heavy atom. The lowest BCUT2D eigenvalue weighted by molar-refractivity contribution is 0.0142. The van der Waals surface area contributed by atoms with E-state index in [0.29, 0.717) is 72.4 Å². The summed E-state index contributed by atoms with van der Waals surface area (Å²) in [6.07, 6.45) is 0. The van der Waals surface area contributed by atoms with Gasteiger partial charge in [-0.15, -0.1) is 5.10 Å². The monoisotopic (exact) mass is 403 g/mol. The number of nitrogens with two attached hydrogens (primary N) is 1. The zero-order chi connectivity index (χ0) is 19.5. The second-order valence-electron chi connectivity index (χ2n) is 6.40. The number of sulfone groups is 1. The molecule has 0 aromatic carbocycles. The second kappa shape index (κ2) is 11.7. The summed E-state index contributed by atoms with van der Waals surface area (Å²) in [6.45, 7) is 6.05. The maximum Gasteiger partial charge on any atom is 0.166 e. The van der Waals surface area contributed by atoms with Gasteiger partial charge in [-0.1, -0.05) is 5.21 Å². The van der Waals surface area contributed by atoms with Gasteiger partial charge in [-0.25, -0.2) is 8.42 Å². The van der Waals surface area contributed by atoms with Crippen LogP contribution in [0.1, 0.15) is 5.69 Å². The summed E-state index contributed by atoms with van der Waals surface area (Å²) in [6, 6.07) is 0. The van der Waals surface area contributed by atoms with Crippen molar-refractivity contribution in [3.05, 3.63) is 5.69 Å². The molecule has 0 radical (unpaired) electrons. The Labute approximate surface area is 161 Å². The molecule has 1 aliphatic heterocycles. The van der Waals surface area contributed by atoms with Crippen LogP contribution in [-0.2, 0) is 37.1 Å². The van der Waals surface area contributed by atoms with Crippen molar-refractivity contribution in [2.24, 2.45) is 5.73 Å². The lowest BCUT2D eigenvalue weighted by Gasteiger charge is -2.25. The van der Waals surface area contributed by atoms with Crippen molar-refractivity contribution in [2.75, 3.05) is 70.8 Å².